The Morgan fingerprint density at radius 3 is 2.59 bits per heavy atom. The van der Waals surface area contributed by atoms with Crippen LogP contribution in [0.2, 0.25) is 0 Å². The zero-order valence-electron chi connectivity index (χ0n) is 16.8. The van der Waals surface area contributed by atoms with Crippen LogP contribution in [0.4, 0.5) is 0 Å². The van der Waals surface area contributed by atoms with E-state index in [1.54, 1.807) is 4.90 Å². The number of hydrogen-bond acceptors (Lipinski definition) is 4. The van der Waals surface area contributed by atoms with Gasteiger partial charge in [-0.2, -0.15) is 0 Å². The van der Waals surface area contributed by atoms with Gasteiger partial charge in [0.15, 0.2) is 0 Å². The minimum atomic E-state index is 0.241. The summed E-state index contributed by atoms with van der Waals surface area (Å²) in [5, 5.41) is 4.01. The molecular formula is C22H34N4O. The molecule has 148 valence electrons. The van der Waals surface area contributed by atoms with E-state index in [9.17, 15) is 4.79 Å². The summed E-state index contributed by atoms with van der Waals surface area (Å²) in [7, 11) is 3.72. The average molecular weight is 371 g/mol. The van der Waals surface area contributed by atoms with Crippen molar-refractivity contribution in [1.29, 1.82) is 0 Å². The SMILES string of the molecule is CN(C)C(=O)CN1C2CCC1CC(NC1CCCC(c3cccnc3)C1)C2. The molecule has 1 aromatic rings. The summed E-state index contributed by atoms with van der Waals surface area (Å²) >= 11 is 0. The van der Waals surface area contributed by atoms with Crippen LogP contribution in [-0.2, 0) is 4.79 Å². The number of likely N-dealkylation sites (N-methyl/N-ethyl adjacent to an activating group) is 1. The first-order valence-electron chi connectivity index (χ1n) is 10.7. The summed E-state index contributed by atoms with van der Waals surface area (Å²) < 4.78 is 0. The lowest BCUT2D eigenvalue weighted by Crippen LogP contribution is -2.53. The van der Waals surface area contributed by atoms with Crippen LogP contribution in [0.15, 0.2) is 24.5 Å². The molecule has 4 unspecified atom stereocenters. The monoisotopic (exact) mass is 370 g/mol. The van der Waals surface area contributed by atoms with Gasteiger partial charge in [-0.1, -0.05) is 12.5 Å². The van der Waals surface area contributed by atoms with Gasteiger partial charge in [0.05, 0.1) is 6.54 Å². The molecule has 1 aromatic heterocycles. The summed E-state index contributed by atoms with van der Waals surface area (Å²) in [5.74, 6) is 0.893. The molecule has 2 saturated heterocycles. The molecule has 2 bridgehead atoms. The van der Waals surface area contributed by atoms with Gasteiger partial charge in [0.1, 0.15) is 0 Å². The number of hydrogen-bond donors (Lipinski definition) is 1. The van der Waals surface area contributed by atoms with E-state index in [0.717, 1.165) is 0 Å². The molecule has 3 fully saturated rings. The molecule has 1 aliphatic carbocycles. The summed E-state index contributed by atoms with van der Waals surface area (Å²) in [4.78, 5) is 20.7. The van der Waals surface area contributed by atoms with Crippen molar-refractivity contribution >= 4 is 5.91 Å². The van der Waals surface area contributed by atoms with Gasteiger partial charge in [0, 0.05) is 50.7 Å². The van der Waals surface area contributed by atoms with Crippen LogP contribution in [0.5, 0.6) is 0 Å². The van der Waals surface area contributed by atoms with Gasteiger partial charge < -0.3 is 10.2 Å². The maximum atomic E-state index is 12.2. The Kier molecular flexibility index (Phi) is 5.79. The van der Waals surface area contributed by atoms with E-state index in [-0.39, 0.29) is 5.91 Å². The fourth-order valence-corrected chi connectivity index (χ4v) is 5.56. The molecule has 4 rings (SSSR count). The lowest BCUT2D eigenvalue weighted by molar-refractivity contribution is -0.131. The third kappa shape index (κ3) is 4.35. The Hall–Kier alpha value is -1.46. The van der Waals surface area contributed by atoms with Gasteiger partial charge in [0.25, 0.3) is 0 Å². The molecule has 0 spiro atoms. The van der Waals surface area contributed by atoms with Crippen LogP contribution in [-0.4, -0.2) is 65.5 Å². The number of fused-ring (bicyclic) bond motifs is 2. The van der Waals surface area contributed by atoms with Crippen LogP contribution >= 0.6 is 0 Å². The van der Waals surface area contributed by atoms with Gasteiger partial charge in [-0.3, -0.25) is 14.7 Å². The zero-order chi connectivity index (χ0) is 18.8. The third-order valence-electron chi connectivity index (χ3n) is 7.00. The average Bonchev–Trinajstić information content (AvgIpc) is 2.91. The molecule has 5 heteroatoms. The van der Waals surface area contributed by atoms with Crippen molar-refractivity contribution in [2.24, 2.45) is 0 Å². The highest BCUT2D eigenvalue weighted by atomic mass is 16.2. The van der Waals surface area contributed by atoms with Gasteiger partial charge in [-0.05, 0) is 62.5 Å². The van der Waals surface area contributed by atoms with Crippen molar-refractivity contribution in [3.05, 3.63) is 30.1 Å². The Morgan fingerprint density at radius 1 is 1.15 bits per heavy atom. The normalized spacial score (nSPS) is 33.8. The molecule has 1 N–H and O–H groups in total. The van der Waals surface area contributed by atoms with Gasteiger partial charge in [-0.15, -0.1) is 0 Å². The van der Waals surface area contributed by atoms with E-state index in [1.165, 1.54) is 56.9 Å². The zero-order valence-corrected chi connectivity index (χ0v) is 16.8. The van der Waals surface area contributed by atoms with Crippen molar-refractivity contribution in [2.75, 3.05) is 20.6 Å². The molecule has 2 aliphatic heterocycles. The van der Waals surface area contributed by atoms with Crippen LogP contribution in [0, 0.1) is 0 Å². The number of carbonyl (C=O) groups is 1. The van der Waals surface area contributed by atoms with Crippen LogP contribution in [0.25, 0.3) is 0 Å². The molecule has 1 saturated carbocycles. The lowest BCUT2D eigenvalue weighted by Gasteiger charge is -2.41. The minimum Gasteiger partial charge on any atom is -0.348 e. The van der Waals surface area contributed by atoms with Crippen molar-refractivity contribution in [2.45, 2.75) is 81.5 Å². The van der Waals surface area contributed by atoms with Crippen molar-refractivity contribution < 1.29 is 4.79 Å². The number of rotatable bonds is 5. The van der Waals surface area contributed by atoms with Crippen molar-refractivity contribution in [1.82, 2.24) is 20.1 Å². The molecular weight excluding hydrogens is 336 g/mol. The number of pyridine rings is 1. The molecule has 4 atom stereocenters. The highest BCUT2D eigenvalue weighted by molar-refractivity contribution is 5.77. The van der Waals surface area contributed by atoms with Crippen molar-refractivity contribution in [3.63, 3.8) is 0 Å². The number of nitrogens with one attached hydrogen (secondary N) is 1. The van der Waals surface area contributed by atoms with Gasteiger partial charge in [-0.25, -0.2) is 0 Å². The van der Waals surface area contributed by atoms with E-state index in [4.69, 9.17) is 0 Å². The summed E-state index contributed by atoms with van der Waals surface area (Å²) in [5.41, 5.74) is 1.40. The topological polar surface area (TPSA) is 48.5 Å². The number of piperidine rings is 1. The maximum Gasteiger partial charge on any atom is 0.236 e. The fraction of sp³-hybridized carbons (Fsp3) is 0.727. The number of nitrogens with zero attached hydrogens (tertiary/aromatic N) is 3. The molecule has 3 heterocycles. The second-order valence-electron chi connectivity index (χ2n) is 9.03. The van der Waals surface area contributed by atoms with Gasteiger partial charge >= 0.3 is 0 Å². The van der Waals surface area contributed by atoms with E-state index >= 15 is 0 Å². The van der Waals surface area contributed by atoms with E-state index in [1.807, 2.05) is 26.5 Å². The second-order valence-corrected chi connectivity index (χ2v) is 9.03. The van der Waals surface area contributed by atoms with Crippen LogP contribution in [0.3, 0.4) is 0 Å². The van der Waals surface area contributed by atoms with Crippen molar-refractivity contribution in [3.8, 4) is 0 Å². The fourth-order valence-electron chi connectivity index (χ4n) is 5.56. The summed E-state index contributed by atoms with van der Waals surface area (Å²) in [6.45, 7) is 0.599. The first kappa shape index (κ1) is 18.9. The molecule has 1 amide bonds. The third-order valence-corrected chi connectivity index (χ3v) is 7.00. The Balaban J connectivity index is 1.32. The van der Waals surface area contributed by atoms with Gasteiger partial charge in [0.2, 0.25) is 5.91 Å². The highest BCUT2D eigenvalue weighted by Gasteiger charge is 2.42. The minimum absolute atomic E-state index is 0.241. The lowest BCUT2D eigenvalue weighted by atomic mass is 9.81. The Morgan fingerprint density at radius 2 is 1.93 bits per heavy atom. The molecule has 0 aromatic carbocycles. The predicted molar refractivity (Wildman–Crippen MR) is 108 cm³/mol. The first-order chi connectivity index (χ1) is 13.1. The van der Waals surface area contributed by atoms with Crippen LogP contribution < -0.4 is 5.32 Å². The molecule has 27 heavy (non-hydrogen) atoms. The Labute approximate surface area is 163 Å². The second kappa shape index (κ2) is 8.27. The smallest absolute Gasteiger partial charge is 0.236 e. The summed E-state index contributed by atoms with van der Waals surface area (Å²) in [6.07, 6.45) is 14.0. The Bertz CT molecular complexity index is 620. The quantitative estimate of drug-likeness (QED) is 0.866. The van der Waals surface area contributed by atoms with E-state index in [0.29, 0.717) is 36.6 Å². The van der Waals surface area contributed by atoms with Crippen LogP contribution in [0.1, 0.15) is 62.8 Å². The molecule has 5 nitrogen and oxygen atoms in total. The summed E-state index contributed by atoms with van der Waals surface area (Å²) in [6, 6.07) is 6.72. The molecule has 0 radical (unpaired) electrons. The van der Waals surface area contributed by atoms with E-state index < -0.39 is 0 Å². The standard InChI is InChI=1S/C22H34N4O/c1-25(2)22(27)15-26-20-8-9-21(26)13-19(12-20)24-18-7-3-5-16(11-18)17-6-4-10-23-14-17/h4,6,10,14,16,18-21,24H,3,5,7-9,11-13,15H2,1-2H3. The number of amides is 1. The largest absolute Gasteiger partial charge is 0.348 e. The number of aromatic nitrogens is 1. The number of carbonyl (C=O) groups excluding carboxylic acids is 1. The van der Waals surface area contributed by atoms with E-state index in [2.05, 4.69) is 27.3 Å². The highest BCUT2D eigenvalue weighted by Crippen LogP contribution is 2.37. The predicted octanol–water partition coefficient (Wildman–Crippen LogP) is 2.78. The molecule has 3 aliphatic rings. The maximum absolute atomic E-state index is 12.2. The first-order valence-corrected chi connectivity index (χ1v) is 10.7.